The highest BCUT2D eigenvalue weighted by Gasteiger charge is 2.29. The molecule has 136 valence electrons. The second-order valence-corrected chi connectivity index (χ2v) is 6.43. The summed E-state index contributed by atoms with van der Waals surface area (Å²) in [5.74, 6) is -6.68. The molecule has 2 rings (SSSR count). The Morgan fingerprint density at radius 2 is 1.76 bits per heavy atom. The van der Waals surface area contributed by atoms with E-state index in [9.17, 15) is 35.4 Å². The van der Waals surface area contributed by atoms with Gasteiger partial charge in [0.2, 0.25) is 5.91 Å². The summed E-state index contributed by atoms with van der Waals surface area (Å²) in [5, 5.41) is 62.5. The summed E-state index contributed by atoms with van der Waals surface area (Å²) in [7, 11) is 0. The number of nitrogen functional groups attached to an aromatic ring is 1. The molecule has 0 atom stereocenters. The van der Waals surface area contributed by atoms with Crippen LogP contribution in [0.15, 0.2) is 5.38 Å². The molecule has 0 fully saturated rings. The Morgan fingerprint density at radius 1 is 1.20 bits per heavy atom. The number of rotatable bonds is 5. The van der Waals surface area contributed by atoms with E-state index in [1.165, 1.54) is 0 Å². The lowest BCUT2D eigenvalue weighted by Gasteiger charge is -2.20. The molecule has 0 saturated carbocycles. The third kappa shape index (κ3) is 4.21. The minimum atomic E-state index is -2.32. The molecule has 10 nitrogen and oxygen atoms in total. The Morgan fingerprint density at radius 3 is 2.20 bits per heavy atom. The van der Waals surface area contributed by atoms with Crippen molar-refractivity contribution in [1.82, 2.24) is 4.98 Å². The van der Waals surface area contributed by atoms with Crippen molar-refractivity contribution in [2.24, 2.45) is 0 Å². The third-order valence-corrected chi connectivity index (χ3v) is 3.90. The number of phenols is 4. The smallest absolute Gasteiger partial charge is 0.230 e. The first-order valence-corrected chi connectivity index (χ1v) is 7.80. The van der Waals surface area contributed by atoms with Crippen LogP contribution in [0, 0.1) is 0 Å². The van der Waals surface area contributed by atoms with E-state index >= 15 is 0 Å². The molecule has 0 aliphatic carbocycles. The van der Waals surface area contributed by atoms with Crippen molar-refractivity contribution in [3.8, 4) is 23.0 Å². The van der Waals surface area contributed by atoms with Crippen LogP contribution in [-0.4, -0.2) is 47.3 Å². The van der Waals surface area contributed by atoms with Crippen LogP contribution in [-0.2, 0) is 17.6 Å². The molecule has 1 heterocycles. The van der Waals surface area contributed by atoms with Gasteiger partial charge in [0.1, 0.15) is 5.69 Å². The molecule has 1 aromatic heterocycles. The van der Waals surface area contributed by atoms with Gasteiger partial charge >= 0.3 is 0 Å². The quantitative estimate of drug-likeness (QED) is 0.203. The zero-order valence-electron chi connectivity index (χ0n) is 13.0. The van der Waals surface area contributed by atoms with E-state index in [4.69, 9.17) is 5.73 Å². The number of carbonyl (C=O) groups is 1. The van der Waals surface area contributed by atoms with Crippen LogP contribution < -0.4 is 11.1 Å². The number of aromatic hydroxyl groups is 4. The van der Waals surface area contributed by atoms with Gasteiger partial charge in [0, 0.05) is 17.4 Å². The van der Waals surface area contributed by atoms with Gasteiger partial charge in [-0.25, -0.2) is 4.98 Å². The van der Waals surface area contributed by atoms with Crippen LogP contribution in [0.25, 0.3) is 0 Å². The zero-order chi connectivity index (χ0) is 18.9. The minimum Gasteiger partial charge on any atom is -0.504 e. The number of anilines is 2. The van der Waals surface area contributed by atoms with Crippen molar-refractivity contribution >= 4 is 28.1 Å². The molecule has 25 heavy (non-hydrogen) atoms. The van der Waals surface area contributed by atoms with Gasteiger partial charge in [-0.05, 0) is 6.92 Å². The minimum absolute atomic E-state index is 0.221. The largest absolute Gasteiger partial charge is 0.504 e. The number of phenolic OH excluding ortho intramolecular Hbond substituents is 4. The molecule has 1 amide bonds. The number of hydrogen-bond acceptors (Lipinski definition) is 10. The van der Waals surface area contributed by atoms with Gasteiger partial charge in [0.15, 0.2) is 33.9 Å². The first kappa shape index (κ1) is 18.6. The van der Waals surface area contributed by atoms with Gasteiger partial charge in [0.25, 0.3) is 0 Å². The predicted molar refractivity (Wildman–Crippen MR) is 88.5 cm³/mol. The number of nitrogens with one attached hydrogen (secondary N) is 1. The highest BCUT2D eigenvalue weighted by atomic mass is 32.1. The molecular formula is C14H17N3O7S. The van der Waals surface area contributed by atoms with Crippen molar-refractivity contribution in [2.75, 3.05) is 11.1 Å². The molecule has 11 heteroatoms. The number of carbonyl (C=O) groups excluding carboxylic acids is 1. The van der Waals surface area contributed by atoms with Crippen LogP contribution in [0.1, 0.15) is 18.2 Å². The lowest BCUT2D eigenvalue weighted by Crippen LogP contribution is -2.26. The van der Waals surface area contributed by atoms with E-state index in [1.807, 2.05) is 0 Å². The second-order valence-electron chi connectivity index (χ2n) is 5.54. The zero-order valence-corrected chi connectivity index (χ0v) is 13.8. The Balaban J connectivity index is 2.31. The van der Waals surface area contributed by atoms with Gasteiger partial charge in [-0.15, -0.1) is 11.3 Å². The lowest BCUT2D eigenvalue weighted by molar-refractivity contribution is -0.143. The monoisotopic (exact) mass is 371 g/mol. The highest BCUT2D eigenvalue weighted by Crippen LogP contribution is 2.50. The molecule has 0 aliphatic heterocycles. The maximum absolute atomic E-state index is 12.0. The molecule has 0 aliphatic rings. The summed E-state index contributed by atoms with van der Waals surface area (Å²) in [4.78, 5) is 15.9. The number of amides is 1. The first-order valence-electron chi connectivity index (χ1n) is 6.92. The second kappa shape index (κ2) is 6.63. The summed E-state index contributed by atoms with van der Waals surface area (Å²) in [6.45, 7) is 0.981. The Bertz CT molecular complexity index is 784. The van der Waals surface area contributed by atoms with Crippen molar-refractivity contribution in [2.45, 2.75) is 25.6 Å². The van der Waals surface area contributed by atoms with Gasteiger partial charge in [-0.2, -0.15) is 0 Å². The molecule has 1 aromatic carbocycles. The molecule has 2 aromatic rings. The number of hydrogen-bond donors (Lipinski definition) is 8. The van der Waals surface area contributed by atoms with E-state index < -0.39 is 52.4 Å². The van der Waals surface area contributed by atoms with Crippen LogP contribution in [0.4, 0.5) is 10.8 Å². The standard InChI is InChI=1S/C14H17N3O7S/c1-14(23,24)3-6-9(19)11(21)8(12(22)10(6)20)17-7(18)2-5-4-25-13(15)16-5/h4,19-24H,2-3H2,1H3,(H2,15,16)(H,17,18). The molecule has 9 N–H and O–H groups in total. The Labute approximate surface area is 145 Å². The number of aromatic nitrogens is 1. The van der Waals surface area contributed by atoms with Gasteiger partial charge < -0.3 is 41.7 Å². The molecule has 0 bridgehead atoms. The summed E-state index contributed by atoms with van der Waals surface area (Å²) < 4.78 is 0. The van der Waals surface area contributed by atoms with E-state index in [1.54, 1.807) is 5.38 Å². The fourth-order valence-electron chi connectivity index (χ4n) is 2.12. The summed E-state index contributed by atoms with van der Waals surface area (Å²) in [5.41, 5.74) is 4.70. The van der Waals surface area contributed by atoms with Crippen LogP contribution in [0.2, 0.25) is 0 Å². The van der Waals surface area contributed by atoms with E-state index in [-0.39, 0.29) is 11.6 Å². The van der Waals surface area contributed by atoms with Crippen molar-refractivity contribution in [3.05, 3.63) is 16.6 Å². The van der Waals surface area contributed by atoms with Crippen LogP contribution in [0.5, 0.6) is 23.0 Å². The summed E-state index contributed by atoms with van der Waals surface area (Å²) in [6, 6.07) is 0. The Hall–Kier alpha value is -2.76. The van der Waals surface area contributed by atoms with Crippen LogP contribution >= 0.6 is 11.3 Å². The molecular weight excluding hydrogens is 354 g/mol. The van der Waals surface area contributed by atoms with E-state index in [0.717, 1.165) is 18.3 Å². The number of thiazole rings is 1. The van der Waals surface area contributed by atoms with E-state index in [2.05, 4.69) is 10.3 Å². The fraction of sp³-hybridized carbons (Fsp3) is 0.286. The Kier molecular flexibility index (Phi) is 4.92. The normalized spacial score (nSPS) is 11.5. The maximum Gasteiger partial charge on any atom is 0.230 e. The van der Waals surface area contributed by atoms with Crippen molar-refractivity contribution in [3.63, 3.8) is 0 Å². The summed E-state index contributed by atoms with van der Waals surface area (Å²) in [6.07, 6.45) is -0.903. The molecule has 0 unspecified atom stereocenters. The number of benzene rings is 1. The number of nitrogens with zero attached hydrogens (tertiary/aromatic N) is 1. The third-order valence-electron chi connectivity index (χ3n) is 3.18. The molecule has 0 spiro atoms. The topological polar surface area (TPSA) is 189 Å². The van der Waals surface area contributed by atoms with Gasteiger partial charge in [-0.3, -0.25) is 4.79 Å². The van der Waals surface area contributed by atoms with Gasteiger partial charge in [0.05, 0.1) is 12.1 Å². The average molecular weight is 371 g/mol. The van der Waals surface area contributed by atoms with Gasteiger partial charge in [-0.1, -0.05) is 0 Å². The maximum atomic E-state index is 12.0. The fourth-order valence-corrected chi connectivity index (χ4v) is 2.68. The summed E-state index contributed by atoms with van der Waals surface area (Å²) >= 11 is 1.13. The highest BCUT2D eigenvalue weighted by molar-refractivity contribution is 7.13. The average Bonchev–Trinajstić information content (AvgIpc) is 2.90. The van der Waals surface area contributed by atoms with Crippen molar-refractivity contribution < 1.29 is 35.4 Å². The molecule has 0 radical (unpaired) electrons. The predicted octanol–water partition coefficient (Wildman–Crippen LogP) is -0.0278. The lowest BCUT2D eigenvalue weighted by atomic mass is 10.0. The first-order chi connectivity index (χ1) is 11.5. The SMILES string of the molecule is CC(O)(O)Cc1c(O)c(O)c(NC(=O)Cc2csc(N)n2)c(O)c1O. The molecule has 0 saturated heterocycles. The van der Waals surface area contributed by atoms with E-state index in [0.29, 0.717) is 5.69 Å². The number of nitrogens with two attached hydrogens (primary N) is 1. The number of aliphatic hydroxyl groups is 2. The van der Waals surface area contributed by atoms with Crippen LogP contribution in [0.3, 0.4) is 0 Å². The van der Waals surface area contributed by atoms with Crippen molar-refractivity contribution in [1.29, 1.82) is 0 Å².